The van der Waals surface area contributed by atoms with Crippen molar-refractivity contribution in [2.24, 2.45) is 0 Å². The molecule has 0 saturated carbocycles. The standard InChI is InChI=1S/2C11H12N2O2/c2*1-14-8-3-4-11(15-2)9(7-8)10-5-6-12-13-10/h2*3-7H,1-2H3,(H,12,13). The number of benzene rings is 2. The maximum absolute atomic E-state index is 5.27. The third-order valence-corrected chi connectivity index (χ3v) is 4.40. The molecule has 0 saturated heterocycles. The van der Waals surface area contributed by atoms with Crippen LogP contribution in [0.4, 0.5) is 0 Å². The monoisotopic (exact) mass is 408 g/mol. The van der Waals surface area contributed by atoms with Gasteiger partial charge in [0, 0.05) is 23.5 Å². The van der Waals surface area contributed by atoms with Crippen molar-refractivity contribution in [3.05, 3.63) is 60.9 Å². The molecule has 8 heteroatoms. The third kappa shape index (κ3) is 4.72. The van der Waals surface area contributed by atoms with Crippen LogP contribution in [0, 0.1) is 0 Å². The van der Waals surface area contributed by atoms with Crippen molar-refractivity contribution in [3.63, 3.8) is 0 Å². The SMILES string of the molecule is COc1ccc(OC)c(-c2ccn[nH]2)c1.COc1ccc(OC)c(-c2ccn[nH]2)c1. The first-order valence-electron chi connectivity index (χ1n) is 9.13. The van der Waals surface area contributed by atoms with Crippen molar-refractivity contribution >= 4 is 0 Å². The van der Waals surface area contributed by atoms with Gasteiger partial charge in [-0.1, -0.05) is 0 Å². The van der Waals surface area contributed by atoms with E-state index >= 15 is 0 Å². The summed E-state index contributed by atoms with van der Waals surface area (Å²) in [5.41, 5.74) is 3.69. The molecule has 0 spiro atoms. The Morgan fingerprint density at radius 1 is 0.567 bits per heavy atom. The van der Waals surface area contributed by atoms with E-state index in [4.69, 9.17) is 18.9 Å². The van der Waals surface area contributed by atoms with Crippen LogP contribution < -0.4 is 18.9 Å². The maximum atomic E-state index is 5.27. The molecule has 2 heterocycles. The Hall–Kier alpha value is -3.94. The summed E-state index contributed by atoms with van der Waals surface area (Å²) in [6.45, 7) is 0. The second kappa shape index (κ2) is 10.0. The lowest BCUT2D eigenvalue weighted by molar-refractivity contribution is 0.404. The molecule has 0 aliphatic heterocycles. The molecule has 0 radical (unpaired) electrons. The second-order valence-corrected chi connectivity index (χ2v) is 6.07. The number of nitrogens with one attached hydrogen (secondary N) is 2. The van der Waals surface area contributed by atoms with E-state index in [0.29, 0.717) is 0 Å². The van der Waals surface area contributed by atoms with E-state index in [1.165, 1.54) is 0 Å². The van der Waals surface area contributed by atoms with E-state index in [1.54, 1.807) is 40.8 Å². The summed E-state index contributed by atoms with van der Waals surface area (Å²) in [7, 11) is 6.56. The quantitative estimate of drug-likeness (QED) is 0.497. The van der Waals surface area contributed by atoms with Gasteiger partial charge in [0.2, 0.25) is 0 Å². The molecule has 0 fully saturated rings. The highest BCUT2D eigenvalue weighted by atomic mass is 16.5. The molecule has 0 atom stereocenters. The fraction of sp³-hybridized carbons (Fsp3) is 0.182. The van der Waals surface area contributed by atoms with E-state index in [2.05, 4.69) is 20.4 Å². The Balaban J connectivity index is 0.000000171. The van der Waals surface area contributed by atoms with Gasteiger partial charge in [0.15, 0.2) is 0 Å². The smallest absolute Gasteiger partial charge is 0.128 e. The predicted octanol–water partition coefficient (Wildman–Crippen LogP) is 4.19. The number of ether oxygens (including phenoxy) is 4. The average molecular weight is 408 g/mol. The summed E-state index contributed by atoms with van der Waals surface area (Å²) in [6, 6.07) is 15.1. The number of nitrogens with zero attached hydrogens (tertiary/aromatic N) is 2. The summed E-state index contributed by atoms with van der Waals surface area (Å²) >= 11 is 0. The number of rotatable bonds is 6. The van der Waals surface area contributed by atoms with E-state index in [1.807, 2.05) is 48.5 Å². The Labute approximate surface area is 174 Å². The van der Waals surface area contributed by atoms with Gasteiger partial charge in [0.05, 0.1) is 39.8 Å². The largest absolute Gasteiger partial charge is 0.497 e. The van der Waals surface area contributed by atoms with Crippen molar-refractivity contribution in [2.75, 3.05) is 28.4 Å². The summed E-state index contributed by atoms with van der Waals surface area (Å²) < 4.78 is 20.9. The van der Waals surface area contributed by atoms with Crippen LogP contribution in [-0.2, 0) is 0 Å². The second-order valence-electron chi connectivity index (χ2n) is 6.07. The van der Waals surface area contributed by atoms with Crippen molar-refractivity contribution in [2.45, 2.75) is 0 Å². The molecular weight excluding hydrogens is 384 g/mol. The summed E-state index contributed by atoms with van der Waals surface area (Å²) in [5, 5.41) is 13.6. The van der Waals surface area contributed by atoms with Crippen LogP contribution in [0.25, 0.3) is 22.5 Å². The summed E-state index contributed by atoms with van der Waals surface area (Å²) in [6.07, 6.45) is 3.41. The molecule has 0 aliphatic rings. The Morgan fingerprint density at radius 3 is 1.30 bits per heavy atom. The highest BCUT2D eigenvalue weighted by molar-refractivity contribution is 5.69. The van der Waals surface area contributed by atoms with Gasteiger partial charge in [0.25, 0.3) is 0 Å². The van der Waals surface area contributed by atoms with Crippen molar-refractivity contribution in [1.82, 2.24) is 20.4 Å². The number of aromatic nitrogens is 4. The zero-order chi connectivity index (χ0) is 21.3. The van der Waals surface area contributed by atoms with Crippen LogP contribution in [0.5, 0.6) is 23.0 Å². The highest BCUT2D eigenvalue weighted by Crippen LogP contribution is 2.32. The first-order valence-corrected chi connectivity index (χ1v) is 9.13. The number of methoxy groups -OCH3 is 4. The fourth-order valence-corrected chi connectivity index (χ4v) is 2.86. The summed E-state index contributed by atoms with van der Waals surface area (Å²) in [5.74, 6) is 3.17. The van der Waals surface area contributed by atoms with E-state index in [0.717, 1.165) is 45.5 Å². The highest BCUT2D eigenvalue weighted by Gasteiger charge is 2.09. The van der Waals surface area contributed by atoms with Crippen LogP contribution in [0.3, 0.4) is 0 Å². The number of hydrogen-bond donors (Lipinski definition) is 2. The molecule has 4 rings (SSSR count). The number of hydrogen-bond acceptors (Lipinski definition) is 6. The van der Waals surface area contributed by atoms with Crippen LogP contribution in [-0.4, -0.2) is 48.8 Å². The third-order valence-electron chi connectivity index (χ3n) is 4.40. The topological polar surface area (TPSA) is 94.3 Å². The fourth-order valence-electron chi connectivity index (χ4n) is 2.86. The minimum atomic E-state index is 0.792. The first kappa shape index (κ1) is 20.8. The Morgan fingerprint density at radius 2 is 1.00 bits per heavy atom. The van der Waals surface area contributed by atoms with E-state index in [-0.39, 0.29) is 0 Å². The molecule has 30 heavy (non-hydrogen) atoms. The molecular formula is C22H24N4O4. The summed E-state index contributed by atoms with van der Waals surface area (Å²) in [4.78, 5) is 0. The van der Waals surface area contributed by atoms with Gasteiger partial charge in [-0.3, -0.25) is 10.2 Å². The van der Waals surface area contributed by atoms with Crippen molar-refractivity contribution in [3.8, 4) is 45.5 Å². The zero-order valence-corrected chi connectivity index (χ0v) is 17.3. The van der Waals surface area contributed by atoms with Crippen LogP contribution in [0.1, 0.15) is 0 Å². The van der Waals surface area contributed by atoms with Gasteiger partial charge in [-0.25, -0.2) is 0 Å². The Kier molecular flexibility index (Phi) is 6.94. The average Bonchev–Trinajstić information content (AvgIpc) is 3.53. The number of H-pyrrole nitrogens is 2. The lowest BCUT2D eigenvalue weighted by Gasteiger charge is -2.08. The molecule has 0 amide bonds. The van der Waals surface area contributed by atoms with Crippen molar-refractivity contribution < 1.29 is 18.9 Å². The first-order chi connectivity index (χ1) is 14.7. The maximum Gasteiger partial charge on any atom is 0.128 e. The predicted molar refractivity (Wildman–Crippen MR) is 114 cm³/mol. The molecule has 156 valence electrons. The molecule has 2 N–H and O–H groups in total. The van der Waals surface area contributed by atoms with Crippen LogP contribution in [0.2, 0.25) is 0 Å². The lowest BCUT2D eigenvalue weighted by atomic mass is 10.1. The minimum Gasteiger partial charge on any atom is -0.497 e. The lowest BCUT2D eigenvalue weighted by Crippen LogP contribution is -1.90. The Bertz CT molecular complexity index is 961. The van der Waals surface area contributed by atoms with Gasteiger partial charge in [-0.15, -0.1) is 0 Å². The molecule has 2 aromatic carbocycles. The van der Waals surface area contributed by atoms with Gasteiger partial charge >= 0.3 is 0 Å². The van der Waals surface area contributed by atoms with Crippen molar-refractivity contribution in [1.29, 1.82) is 0 Å². The van der Waals surface area contributed by atoms with Crippen LogP contribution in [0.15, 0.2) is 60.9 Å². The van der Waals surface area contributed by atoms with Gasteiger partial charge in [0.1, 0.15) is 23.0 Å². The molecule has 0 bridgehead atoms. The molecule has 0 aliphatic carbocycles. The minimum absolute atomic E-state index is 0.792. The normalized spacial score (nSPS) is 10.0. The molecule has 8 nitrogen and oxygen atoms in total. The van der Waals surface area contributed by atoms with Gasteiger partial charge in [-0.05, 0) is 48.5 Å². The molecule has 4 aromatic rings. The van der Waals surface area contributed by atoms with E-state index in [9.17, 15) is 0 Å². The zero-order valence-electron chi connectivity index (χ0n) is 17.3. The van der Waals surface area contributed by atoms with Gasteiger partial charge in [-0.2, -0.15) is 10.2 Å². The molecule has 2 aromatic heterocycles. The van der Waals surface area contributed by atoms with Gasteiger partial charge < -0.3 is 18.9 Å². The van der Waals surface area contributed by atoms with E-state index < -0.39 is 0 Å². The van der Waals surface area contributed by atoms with Crippen LogP contribution >= 0.6 is 0 Å². The molecule has 0 unspecified atom stereocenters. The number of aromatic amines is 2.